The molecule has 0 atom stereocenters. The molecular weight excluding hydrogens is 420 g/mol. The summed E-state index contributed by atoms with van der Waals surface area (Å²) < 4.78 is 16.6. The van der Waals surface area contributed by atoms with Crippen molar-refractivity contribution in [1.29, 1.82) is 0 Å². The van der Waals surface area contributed by atoms with Gasteiger partial charge in [-0.25, -0.2) is 0 Å². The summed E-state index contributed by atoms with van der Waals surface area (Å²) in [6, 6.07) is 8.72. The molecule has 1 aliphatic heterocycles. The van der Waals surface area contributed by atoms with Crippen molar-refractivity contribution in [3.05, 3.63) is 41.6 Å². The average molecular weight is 461 g/mol. The number of methoxy groups -OCH3 is 2. The Bertz CT molecular complexity index is 763. The van der Waals surface area contributed by atoms with E-state index in [1.807, 2.05) is 9.91 Å². The molecule has 0 aromatic heterocycles. The molecule has 2 aliphatic rings. The highest BCUT2D eigenvalue weighted by Crippen LogP contribution is 2.24. The summed E-state index contributed by atoms with van der Waals surface area (Å²) in [6.45, 7) is 4.46. The van der Waals surface area contributed by atoms with Gasteiger partial charge in [0, 0.05) is 38.6 Å². The Labute approximate surface area is 198 Å². The number of carbonyl (C=O) groups excluding carboxylic acids is 1. The van der Waals surface area contributed by atoms with Crippen molar-refractivity contribution in [3.63, 3.8) is 0 Å². The summed E-state index contributed by atoms with van der Waals surface area (Å²) in [5.41, 5.74) is 9.71. The van der Waals surface area contributed by atoms with Crippen LogP contribution in [0.5, 0.6) is 0 Å². The number of nitrogens with one attached hydrogen (secondary N) is 2. The molecule has 8 nitrogen and oxygen atoms in total. The fourth-order valence-corrected chi connectivity index (χ4v) is 4.41. The van der Waals surface area contributed by atoms with Crippen molar-refractivity contribution in [2.24, 2.45) is 0 Å². The number of hydrazine groups is 2. The van der Waals surface area contributed by atoms with E-state index >= 15 is 0 Å². The van der Waals surface area contributed by atoms with E-state index in [2.05, 4.69) is 48.3 Å². The van der Waals surface area contributed by atoms with Gasteiger partial charge in [0.15, 0.2) is 6.29 Å². The molecule has 1 aromatic carbocycles. The molecule has 1 heterocycles. The van der Waals surface area contributed by atoms with Crippen LogP contribution in [0.15, 0.2) is 30.5 Å². The molecular formula is C25H40N4O4. The Morgan fingerprint density at radius 3 is 2.67 bits per heavy atom. The lowest BCUT2D eigenvalue weighted by Crippen LogP contribution is -2.46. The summed E-state index contributed by atoms with van der Waals surface area (Å²) in [7, 11) is 3.23. The maximum atomic E-state index is 13.0. The number of hydrogen-bond donors (Lipinski definition) is 2. The molecule has 3 rings (SSSR count). The third-order valence-corrected chi connectivity index (χ3v) is 6.40. The minimum Gasteiger partial charge on any atom is -0.381 e. The number of nitrogens with zero attached hydrogens (tertiary/aromatic N) is 2. The van der Waals surface area contributed by atoms with Crippen LogP contribution in [0.4, 0.5) is 0 Å². The number of amides is 1. The van der Waals surface area contributed by atoms with Crippen LogP contribution in [0, 0.1) is 0 Å². The zero-order valence-corrected chi connectivity index (χ0v) is 20.3. The zero-order valence-electron chi connectivity index (χ0n) is 20.3. The van der Waals surface area contributed by atoms with Gasteiger partial charge in [-0.15, -0.1) is 5.53 Å². The van der Waals surface area contributed by atoms with E-state index in [0.29, 0.717) is 26.2 Å². The first-order chi connectivity index (χ1) is 16.1. The third-order valence-electron chi connectivity index (χ3n) is 6.40. The Morgan fingerprint density at radius 2 is 1.97 bits per heavy atom. The number of ether oxygens (including phenoxy) is 3. The van der Waals surface area contributed by atoms with Gasteiger partial charge in [0.25, 0.3) is 0 Å². The maximum Gasteiger partial charge on any atom is 0.225 e. The summed E-state index contributed by atoms with van der Waals surface area (Å²) >= 11 is 0. The third kappa shape index (κ3) is 7.71. The second-order valence-electron chi connectivity index (χ2n) is 8.62. The Kier molecular flexibility index (Phi) is 10.5. The van der Waals surface area contributed by atoms with Gasteiger partial charge in [-0.05, 0) is 37.8 Å². The largest absolute Gasteiger partial charge is 0.381 e. The molecule has 1 fully saturated rings. The molecule has 1 aliphatic carbocycles. The standard InChI is InChI=1S/C25H40N4O4/c1-4-28-18-23(26-27-28)21-10-8-9-20(17-21)13-15-33-16-14-24(30)29(19-25(31-2)32-3)22-11-6-5-7-12-22/h8-10,17-18,22,25-27H,4-7,11-16,19H2,1-3H3. The van der Waals surface area contributed by atoms with E-state index in [4.69, 9.17) is 14.2 Å². The molecule has 0 bridgehead atoms. The van der Waals surface area contributed by atoms with Crippen LogP contribution in [-0.4, -0.2) is 68.7 Å². The van der Waals surface area contributed by atoms with Gasteiger partial charge < -0.3 is 24.5 Å². The monoisotopic (exact) mass is 460 g/mol. The topological polar surface area (TPSA) is 75.3 Å². The molecule has 33 heavy (non-hydrogen) atoms. The number of carbonyl (C=O) groups is 1. The van der Waals surface area contributed by atoms with Crippen LogP contribution >= 0.6 is 0 Å². The molecule has 0 saturated heterocycles. The number of rotatable bonds is 13. The molecule has 1 amide bonds. The van der Waals surface area contributed by atoms with Gasteiger partial charge in [-0.3, -0.25) is 9.80 Å². The van der Waals surface area contributed by atoms with Crippen LogP contribution < -0.4 is 11.0 Å². The van der Waals surface area contributed by atoms with Crippen molar-refractivity contribution in [1.82, 2.24) is 20.9 Å². The molecule has 2 N–H and O–H groups in total. The second-order valence-corrected chi connectivity index (χ2v) is 8.62. The predicted octanol–water partition coefficient (Wildman–Crippen LogP) is 3.06. The Balaban J connectivity index is 1.44. The SMILES string of the molecule is CCN1C=C(c2cccc(CCOCCC(=O)N(CC(OC)OC)C3CCCCC3)c2)NN1. The minimum absolute atomic E-state index is 0.121. The highest BCUT2D eigenvalue weighted by molar-refractivity contribution is 5.76. The van der Waals surface area contributed by atoms with Crippen molar-refractivity contribution >= 4 is 11.6 Å². The van der Waals surface area contributed by atoms with Crippen molar-refractivity contribution in [3.8, 4) is 0 Å². The van der Waals surface area contributed by atoms with E-state index in [9.17, 15) is 4.79 Å². The lowest BCUT2D eigenvalue weighted by molar-refractivity contribution is -0.151. The van der Waals surface area contributed by atoms with Crippen molar-refractivity contribution in [2.75, 3.05) is 40.5 Å². The first-order valence-electron chi connectivity index (χ1n) is 12.2. The van der Waals surface area contributed by atoms with Gasteiger partial charge in [0.2, 0.25) is 5.91 Å². The maximum absolute atomic E-state index is 13.0. The predicted molar refractivity (Wildman–Crippen MR) is 129 cm³/mol. The van der Waals surface area contributed by atoms with Crippen molar-refractivity contribution < 1.29 is 19.0 Å². The van der Waals surface area contributed by atoms with Gasteiger partial charge in [-0.1, -0.05) is 37.5 Å². The number of hydrogen-bond acceptors (Lipinski definition) is 7. The highest BCUT2D eigenvalue weighted by Gasteiger charge is 2.27. The van der Waals surface area contributed by atoms with Crippen LogP contribution in [0.3, 0.4) is 0 Å². The average Bonchev–Trinajstić information content (AvgIpc) is 3.35. The first kappa shape index (κ1) is 25.5. The fraction of sp³-hybridized carbons (Fsp3) is 0.640. The van der Waals surface area contributed by atoms with Crippen molar-refractivity contribution in [2.45, 2.75) is 64.2 Å². The Morgan fingerprint density at radius 1 is 1.18 bits per heavy atom. The van der Waals surface area contributed by atoms with E-state index in [1.165, 1.54) is 24.8 Å². The molecule has 0 spiro atoms. The number of benzene rings is 1. The molecule has 1 saturated carbocycles. The van der Waals surface area contributed by atoms with E-state index in [1.54, 1.807) is 14.2 Å². The highest BCUT2D eigenvalue weighted by atomic mass is 16.7. The van der Waals surface area contributed by atoms with Gasteiger partial charge >= 0.3 is 0 Å². The second kappa shape index (κ2) is 13.5. The summed E-state index contributed by atoms with van der Waals surface area (Å²) in [5, 5.41) is 2.00. The molecule has 0 unspecified atom stereocenters. The summed E-state index contributed by atoms with van der Waals surface area (Å²) in [5.74, 6) is 0.121. The van der Waals surface area contributed by atoms with Crippen LogP contribution in [0.2, 0.25) is 0 Å². The first-order valence-corrected chi connectivity index (χ1v) is 12.2. The van der Waals surface area contributed by atoms with E-state index in [-0.39, 0.29) is 11.9 Å². The lowest BCUT2D eigenvalue weighted by atomic mass is 9.94. The van der Waals surface area contributed by atoms with Gasteiger partial charge in [-0.2, -0.15) is 0 Å². The molecule has 184 valence electrons. The Hall–Kier alpha value is -2.13. The van der Waals surface area contributed by atoms with E-state index < -0.39 is 6.29 Å². The molecule has 1 aromatic rings. The normalized spacial score (nSPS) is 16.7. The van der Waals surface area contributed by atoms with Gasteiger partial charge in [0.05, 0.1) is 31.9 Å². The van der Waals surface area contributed by atoms with E-state index in [0.717, 1.165) is 37.1 Å². The van der Waals surface area contributed by atoms with Gasteiger partial charge in [0.1, 0.15) is 0 Å². The summed E-state index contributed by atoms with van der Waals surface area (Å²) in [6.07, 6.45) is 8.57. The van der Waals surface area contributed by atoms with Crippen LogP contribution in [-0.2, 0) is 25.4 Å². The molecule has 8 heteroatoms. The quantitative estimate of drug-likeness (QED) is 0.346. The van der Waals surface area contributed by atoms with Crippen LogP contribution in [0.25, 0.3) is 5.70 Å². The smallest absolute Gasteiger partial charge is 0.225 e. The minimum atomic E-state index is -0.395. The zero-order chi connectivity index (χ0) is 23.5. The lowest BCUT2D eigenvalue weighted by Gasteiger charge is -2.36. The van der Waals surface area contributed by atoms with Crippen LogP contribution in [0.1, 0.15) is 56.6 Å². The summed E-state index contributed by atoms with van der Waals surface area (Å²) in [4.78, 5) is 15.0. The molecule has 0 radical (unpaired) electrons. The fourth-order valence-electron chi connectivity index (χ4n) is 4.41.